The average Bonchev–Trinajstić information content (AvgIpc) is 2.43. The van der Waals surface area contributed by atoms with Gasteiger partial charge in [0.05, 0.1) is 11.6 Å². The van der Waals surface area contributed by atoms with Crippen molar-refractivity contribution in [3.05, 3.63) is 22.2 Å². The predicted octanol–water partition coefficient (Wildman–Crippen LogP) is 1.25. The molecule has 0 atom stereocenters. The first-order chi connectivity index (χ1) is 10.2. The lowest BCUT2D eigenvalue weighted by Gasteiger charge is -2.43. The molecule has 2 fully saturated rings. The van der Waals surface area contributed by atoms with Crippen LogP contribution in [0.2, 0.25) is 0 Å². The zero-order valence-corrected chi connectivity index (χ0v) is 13.9. The Morgan fingerprint density at radius 3 is 2.57 bits per heavy atom. The molecule has 2 aliphatic heterocycles. The van der Waals surface area contributed by atoms with Crippen molar-refractivity contribution in [2.45, 2.75) is 12.6 Å². The molecule has 5 nitrogen and oxygen atoms in total. The fourth-order valence-corrected chi connectivity index (χ4v) is 3.44. The second-order valence-corrected chi connectivity index (χ2v) is 6.61. The minimum absolute atomic E-state index is 0.170. The van der Waals surface area contributed by atoms with Crippen LogP contribution in [-0.4, -0.2) is 67.3 Å². The number of nitrogens with one attached hydrogen (secondary N) is 1. The van der Waals surface area contributed by atoms with E-state index in [-0.39, 0.29) is 5.75 Å². The Morgan fingerprint density at radius 1 is 1.29 bits per heavy atom. The molecule has 0 aromatic heterocycles. The van der Waals surface area contributed by atoms with E-state index >= 15 is 0 Å². The van der Waals surface area contributed by atoms with Crippen molar-refractivity contribution in [2.24, 2.45) is 0 Å². The van der Waals surface area contributed by atoms with Gasteiger partial charge >= 0.3 is 0 Å². The topological polar surface area (TPSA) is 48.0 Å². The van der Waals surface area contributed by atoms with Gasteiger partial charge in [-0.1, -0.05) is 0 Å². The second kappa shape index (κ2) is 6.52. The summed E-state index contributed by atoms with van der Waals surface area (Å²) in [6, 6.07) is 4.64. The molecule has 116 valence electrons. The Bertz CT molecular complexity index is 500. The number of methoxy groups -OCH3 is 1. The van der Waals surface area contributed by atoms with Gasteiger partial charge in [-0.05, 0) is 33.6 Å². The quantitative estimate of drug-likeness (QED) is 0.851. The summed E-state index contributed by atoms with van der Waals surface area (Å²) in [5, 5.41) is 13.2. The van der Waals surface area contributed by atoms with Gasteiger partial charge < -0.3 is 15.2 Å². The third-order valence-electron chi connectivity index (χ3n) is 4.40. The minimum atomic E-state index is 0.170. The normalized spacial score (nSPS) is 21.2. The van der Waals surface area contributed by atoms with Crippen molar-refractivity contribution in [2.75, 3.05) is 46.4 Å². The van der Waals surface area contributed by atoms with Gasteiger partial charge in [-0.15, -0.1) is 0 Å². The Hall–Kier alpha value is -0.820. The molecule has 0 bridgehead atoms. The fourth-order valence-electron chi connectivity index (χ4n) is 2.95. The molecule has 2 N–H and O–H groups in total. The van der Waals surface area contributed by atoms with Gasteiger partial charge in [-0.3, -0.25) is 9.80 Å². The predicted molar refractivity (Wildman–Crippen MR) is 85.9 cm³/mol. The number of hydrogen-bond acceptors (Lipinski definition) is 5. The highest BCUT2D eigenvalue weighted by Gasteiger charge is 2.27. The number of phenols is 1. The van der Waals surface area contributed by atoms with Crippen LogP contribution in [0, 0.1) is 0 Å². The maximum atomic E-state index is 9.86. The molecule has 2 heterocycles. The highest BCUT2D eigenvalue weighted by Crippen LogP contribution is 2.35. The van der Waals surface area contributed by atoms with E-state index in [0.717, 1.165) is 57.4 Å². The smallest absolute Gasteiger partial charge is 0.172 e. The van der Waals surface area contributed by atoms with Gasteiger partial charge in [0.2, 0.25) is 0 Å². The van der Waals surface area contributed by atoms with Crippen molar-refractivity contribution < 1.29 is 9.84 Å². The number of piperazine rings is 1. The number of ether oxygens (including phenoxy) is 1. The minimum Gasteiger partial charge on any atom is -0.503 e. The first kappa shape index (κ1) is 15.1. The number of aromatic hydroxyl groups is 1. The zero-order valence-electron chi connectivity index (χ0n) is 12.3. The summed E-state index contributed by atoms with van der Waals surface area (Å²) in [4.78, 5) is 5.04. The first-order valence-electron chi connectivity index (χ1n) is 7.40. The van der Waals surface area contributed by atoms with Gasteiger partial charge in [0.15, 0.2) is 11.5 Å². The van der Waals surface area contributed by atoms with E-state index in [1.165, 1.54) is 0 Å². The standard InChI is InChI=1S/C15H22BrN3O2/c1-21-14-7-11(6-13(16)15(14)20)10-18-2-4-19(5-3-18)12-8-17-9-12/h6-7,12,17,20H,2-5,8-10H2,1H3. The van der Waals surface area contributed by atoms with E-state index in [9.17, 15) is 5.11 Å². The van der Waals surface area contributed by atoms with Gasteiger partial charge in [0.1, 0.15) is 0 Å². The number of halogens is 1. The monoisotopic (exact) mass is 355 g/mol. The number of benzene rings is 1. The van der Waals surface area contributed by atoms with Crippen LogP contribution in [-0.2, 0) is 6.54 Å². The Kier molecular flexibility index (Phi) is 4.69. The van der Waals surface area contributed by atoms with Crippen LogP contribution in [0.3, 0.4) is 0 Å². The molecule has 1 aromatic rings. The molecule has 6 heteroatoms. The molecule has 3 rings (SSSR count). The molecule has 0 unspecified atom stereocenters. The second-order valence-electron chi connectivity index (χ2n) is 5.75. The summed E-state index contributed by atoms with van der Waals surface area (Å²) in [7, 11) is 1.58. The molecule has 0 spiro atoms. The summed E-state index contributed by atoms with van der Waals surface area (Å²) in [5.74, 6) is 0.696. The zero-order chi connectivity index (χ0) is 14.8. The number of nitrogens with zero attached hydrogens (tertiary/aromatic N) is 2. The molecule has 0 saturated carbocycles. The van der Waals surface area contributed by atoms with E-state index in [1.54, 1.807) is 7.11 Å². The lowest BCUT2D eigenvalue weighted by atomic mass is 10.1. The largest absolute Gasteiger partial charge is 0.503 e. The summed E-state index contributed by atoms with van der Waals surface area (Å²) >= 11 is 3.38. The Balaban J connectivity index is 1.58. The molecular formula is C15H22BrN3O2. The van der Waals surface area contributed by atoms with Gasteiger partial charge in [-0.25, -0.2) is 0 Å². The van der Waals surface area contributed by atoms with E-state index in [2.05, 4.69) is 31.0 Å². The first-order valence-corrected chi connectivity index (χ1v) is 8.19. The van der Waals surface area contributed by atoms with Crippen LogP contribution in [0.5, 0.6) is 11.5 Å². The molecule has 21 heavy (non-hydrogen) atoms. The molecule has 0 aliphatic carbocycles. The van der Waals surface area contributed by atoms with Crippen molar-refractivity contribution in [1.82, 2.24) is 15.1 Å². The van der Waals surface area contributed by atoms with Crippen molar-refractivity contribution in [3.8, 4) is 11.5 Å². The van der Waals surface area contributed by atoms with Crippen LogP contribution in [0.4, 0.5) is 0 Å². The van der Waals surface area contributed by atoms with Gasteiger partial charge in [0.25, 0.3) is 0 Å². The molecular weight excluding hydrogens is 334 g/mol. The maximum Gasteiger partial charge on any atom is 0.172 e. The van der Waals surface area contributed by atoms with Crippen molar-refractivity contribution in [1.29, 1.82) is 0 Å². The molecule has 0 radical (unpaired) electrons. The SMILES string of the molecule is COc1cc(CN2CCN(C3CNC3)CC2)cc(Br)c1O. The summed E-state index contributed by atoms with van der Waals surface area (Å²) in [6.07, 6.45) is 0. The summed E-state index contributed by atoms with van der Waals surface area (Å²) in [5.41, 5.74) is 1.16. The van der Waals surface area contributed by atoms with E-state index in [0.29, 0.717) is 10.2 Å². The van der Waals surface area contributed by atoms with Crippen molar-refractivity contribution >= 4 is 15.9 Å². The van der Waals surface area contributed by atoms with E-state index in [1.807, 2.05) is 12.1 Å². The summed E-state index contributed by atoms with van der Waals surface area (Å²) in [6.45, 7) is 7.65. The molecule has 2 saturated heterocycles. The molecule has 1 aromatic carbocycles. The number of phenolic OH excluding ortho intramolecular Hbond substituents is 1. The molecule has 0 amide bonds. The van der Waals surface area contributed by atoms with Crippen LogP contribution in [0.15, 0.2) is 16.6 Å². The lowest BCUT2D eigenvalue weighted by Crippen LogP contribution is -2.61. The third-order valence-corrected chi connectivity index (χ3v) is 5.00. The van der Waals surface area contributed by atoms with Gasteiger partial charge in [0, 0.05) is 51.9 Å². The number of rotatable bonds is 4. The van der Waals surface area contributed by atoms with Gasteiger partial charge in [-0.2, -0.15) is 0 Å². The van der Waals surface area contributed by atoms with Crippen LogP contribution in [0.25, 0.3) is 0 Å². The van der Waals surface area contributed by atoms with E-state index in [4.69, 9.17) is 4.74 Å². The third kappa shape index (κ3) is 3.34. The average molecular weight is 356 g/mol. The lowest BCUT2D eigenvalue weighted by molar-refractivity contribution is 0.0695. The van der Waals surface area contributed by atoms with Crippen LogP contribution in [0.1, 0.15) is 5.56 Å². The number of hydrogen-bond donors (Lipinski definition) is 2. The fraction of sp³-hybridized carbons (Fsp3) is 0.600. The Morgan fingerprint density at radius 2 is 2.00 bits per heavy atom. The maximum absolute atomic E-state index is 9.86. The van der Waals surface area contributed by atoms with Crippen LogP contribution >= 0.6 is 15.9 Å². The summed E-state index contributed by atoms with van der Waals surface area (Å²) < 4.78 is 5.90. The highest BCUT2D eigenvalue weighted by molar-refractivity contribution is 9.10. The van der Waals surface area contributed by atoms with Crippen LogP contribution < -0.4 is 10.1 Å². The highest BCUT2D eigenvalue weighted by atomic mass is 79.9. The Labute approximate surface area is 134 Å². The molecule has 2 aliphatic rings. The van der Waals surface area contributed by atoms with Crippen molar-refractivity contribution in [3.63, 3.8) is 0 Å². The van der Waals surface area contributed by atoms with E-state index < -0.39 is 0 Å².